The number of hydrogen-bond donors (Lipinski definition) is 0. The Balaban J connectivity index is 2.32. The molecule has 90 valence electrons. The molecule has 1 aromatic heterocycles. The molecule has 0 unspecified atom stereocenters. The third-order valence-electron chi connectivity index (χ3n) is 2.97. The Morgan fingerprint density at radius 2 is 1.17 bits per heavy atom. The summed E-state index contributed by atoms with van der Waals surface area (Å²) in [5, 5.41) is 10.5. The molecule has 0 amide bonds. The van der Waals surface area contributed by atoms with Gasteiger partial charge >= 0.3 is 0 Å². The van der Waals surface area contributed by atoms with Gasteiger partial charge in [0.05, 0.1) is 25.3 Å². The summed E-state index contributed by atoms with van der Waals surface area (Å²) >= 11 is 0. The van der Waals surface area contributed by atoms with Gasteiger partial charge in [-0.15, -0.1) is 10.2 Å². The van der Waals surface area contributed by atoms with E-state index in [1.54, 1.807) is 14.2 Å². The van der Waals surface area contributed by atoms with E-state index in [0.29, 0.717) is 0 Å². The van der Waals surface area contributed by atoms with Crippen molar-refractivity contribution in [2.45, 2.75) is 0 Å². The summed E-state index contributed by atoms with van der Waals surface area (Å²) in [4.78, 5) is 0. The standard InChI is InChI=1S/C14H12N2O2/c1-17-9-3-5-11-12-6-4-10(18-2)8-14(12)16-15-13(11)7-9/h3-8H,1-2H3. The van der Waals surface area contributed by atoms with Crippen molar-refractivity contribution < 1.29 is 9.47 Å². The first-order valence-electron chi connectivity index (χ1n) is 5.60. The van der Waals surface area contributed by atoms with Crippen LogP contribution in [0.25, 0.3) is 21.8 Å². The molecule has 3 rings (SSSR count). The van der Waals surface area contributed by atoms with Gasteiger partial charge in [-0.1, -0.05) is 0 Å². The van der Waals surface area contributed by atoms with E-state index in [1.165, 1.54) is 0 Å². The quantitative estimate of drug-likeness (QED) is 0.646. The highest BCUT2D eigenvalue weighted by molar-refractivity contribution is 6.04. The summed E-state index contributed by atoms with van der Waals surface area (Å²) in [5.74, 6) is 1.56. The number of ether oxygens (including phenoxy) is 2. The van der Waals surface area contributed by atoms with E-state index in [9.17, 15) is 0 Å². The SMILES string of the molecule is COc1ccc2c(c1)nnc1cc(OC)ccc12. The molecule has 4 nitrogen and oxygen atoms in total. The Bertz CT molecular complexity index is 663. The van der Waals surface area contributed by atoms with Crippen LogP contribution in [-0.2, 0) is 0 Å². The van der Waals surface area contributed by atoms with E-state index in [1.807, 2.05) is 36.4 Å². The first kappa shape index (κ1) is 10.8. The van der Waals surface area contributed by atoms with Crippen LogP contribution >= 0.6 is 0 Å². The summed E-state index contributed by atoms with van der Waals surface area (Å²) in [7, 11) is 3.28. The van der Waals surface area contributed by atoms with Gasteiger partial charge in [-0.3, -0.25) is 0 Å². The van der Waals surface area contributed by atoms with Crippen molar-refractivity contribution in [1.82, 2.24) is 10.2 Å². The van der Waals surface area contributed by atoms with Crippen LogP contribution in [0.3, 0.4) is 0 Å². The number of methoxy groups -OCH3 is 2. The molecule has 2 aromatic carbocycles. The van der Waals surface area contributed by atoms with Gasteiger partial charge in [-0.25, -0.2) is 0 Å². The number of nitrogens with zero attached hydrogens (tertiary/aromatic N) is 2. The largest absolute Gasteiger partial charge is 0.497 e. The Morgan fingerprint density at radius 3 is 1.56 bits per heavy atom. The number of fused-ring (bicyclic) bond motifs is 3. The van der Waals surface area contributed by atoms with Gasteiger partial charge in [0.25, 0.3) is 0 Å². The fourth-order valence-electron chi connectivity index (χ4n) is 2.01. The predicted octanol–water partition coefficient (Wildman–Crippen LogP) is 2.80. The summed E-state index contributed by atoms with van der Waals surface area (Å²) in [5.41, 5.74) is 1.65. The van der Waals surface area contributed by atoms with Crippen LogP contribution in [0, 0.1) is 0 Å². The van der Waals surface area contributed by atoms with Gasteiger partial charge in [0.15, 0.2) is 0 Å². The van der Waals surface area contributed by atoms with E-state index >= 15 is 0 Å². The van der Waals surface area contributed by atoms with Gasteiger partial charge in [-0.05, 0) is 24.3 Å². The number of hydrogen-bond acceptors (Lipinski definition) is 4. The smallest absolute Gasteiger partial charge is 0.121 e. The van der Waals surface area contributed by atoms with E-state index in [4.69, 9.17) is 9.47 Å². The monoisotopic (exact) mass is 240 g/mol. The Labute approximate surface area is 104 Å². The third kappa shape index (κ3) is 1.62. The lowest BCUT2D eigenvalue weighted by Gasteiger charge is -2.05. The molecular weight excluding hydrogens is 228 g/mol. The lowest BCUT2D eigenvalue weighted by atomic mass is 10.1. The van der Waals surface area contributed by atoms with Crippen molar-refractivity contribution in [3.63, 3.8) is 0 Å². The molecule has 0 aliphatic carbocycles. The Morgan fingerprint density at radius 1 is 0.722 bits per heavy atom. The van der Waals surface area contributed by atoms with Gasteiger partial charge in [0, 0.05) is 22.9 Å². The first-order valence-corrected chi connectivity index (χ1v) is 5.60. The molecule has 0 atom stereocenters. The highest BCUT2D eigenvalue weighted by Crippen LogP contribution is 2.27. The van der Waals surface area contributed by atoms with Crippen LogP contribution in [-0.4, -0.2) is 24.4 Å². The average molecular weight is 240 g/mol. The summed E-state index contributed by atoms with van der Waals surface area (Å²) in [6, 6.07) is 11.6. The van der Waals surface area contributed by atoms with Crippen molar-refractivity contribution in [2.75, 3.05) is 14.2 Å². The molecule has 0 aliphatic heterocycles. The van der Waals surface area contributed by atoms with Crippen LogP contribution in [0.5, 0.6) is 11.5 Å². The van der Waals surface area contributed by atoms with Crippen LogP contribution in [0.1, 0.15) is 0 Å². The Hall–Kier alpha value is -2.36. The molecule has 3 aromatic rings. The molecule has 0 N–H and O–H groups in total. The van der Waals surface area contributed by atoms with Gasteiger partial charge < -0.3 is 9.47 Å². The van der Waals surface area contributed by atoms with Crippen LogP contribution in [0.2, 0.25) is 0 Å². The zero-order valence-electron chi connectivity index (χ0n) is 10.2. The van der Waals surface area contributed by atoms with Crippen molar-refractivity contribution >= 4 is 21.8 Å². The second-order valence-electron chi connectivity index (χ2n) is 3.97. The molecule has 0 spiro atoms. The molecule has 0 bridgehead atoms. The zero-order chi connectivity index (χ0) is 12.5. The summed E-state index contributed by atoms with van der Waals surface area (Å²) in [6.45, 7) is 0. The molecule has 0 fully saturated rings. The van der Waals surface area contributed by atoms with Crippen molar-refractivity contribution in [2.24, 2.45) is 0 Å². The maximum absolute atomic E-state index is 5.18. The minimum absolute atomic E-state index is 0.782. The topological polar surface area (TPSA) is 44.2 Å². The second kappa shape index (κ2) is 4.14. The molecule has 0 aliphatic rings. The average Bonchev–Trinajstić information content (AvgIpc) is 2.45. The van der Waals surface area contributed by atoms with Crippen LogP contribution < -0.4 is 9.47 Å². The minimum atomic E-state index is 0.782. The maximum atomic E-state index is 5.18. The highest BCUT2D eigenvalue weighted by atomic mass is 16.5. The maximum Gasteiger partial charge on any atom is 0.121 e. The van der Waals surface area contributed by atoms with Crippen LogP contribution in [0.4, 0.5) is 0 Å². The van der Waals surface area contributed by atoms with E-state index in [-0.39, 0.29) is 0 Å². The lowest BCUT2D eigenvalue weighted by Crippen LogP contribution is -1.90. The number of aromatic nitrogens is 2. The fraction of sp³-hybridized carbons (Fsp3) is 0.143. The van der Waals surface area contributed by atoms with Crippen molar-refractivity contribution in [3.8, 4) is 11.5 Å². The molecule has 0 radical (unpaired) electrons. The molecule has 1 heterocycles. The third-order valence-corrected chi connectivity index (χ3v) is 2.97. The molecule has 0 saturated carbocycles. The first-order chi connectivity index (χ1) is 8.81. The Kier molecular flexibility index (Phi) is 2.48. The van der Waals surface area contributed by atoms with Gasteiger partial charge in [-0.2, -0.15) is 0 Å². The number of benzene rings is 2. The van der Waals surface area contributed by atoms with Crippen molar-refractivity contribution in [1.29, 1.82) is 0 Å². The van der Waals surface area contributed by atoms with E-state index in [2.05, 4.69) is 10.2 Å². The molecular formula is C14H12N2O2. The molecule has 4 heteroatoms. The normalized spacial score (nSPS) is 10.8. The fourth-order valence-corrected chi connectivity index (χ4v) is 2.01. The zero-order valence-corrected chi connectivity index (χ0v) is 10.2. The van der Waals surface area contributed by atoms with Gasteiger partial charge in [0.2, 0.25) is 0 Å². The van der Waals surface area contributed by atoms with E-state index < -0.39 is 0 Å². The van der Waals surface area contributed by atoms with E-state index in [0.717, 1.165) is 33.3 Å². The molecule has 0 saturated heterocycles. The summed E-state index contributed by atoms with van der Waals surface area (Å²) in [6.07, 6.45) is 0. The van der Waals surface area contributed by atoms with Gasteiger partial charge in [0.1, 0.15) is 11.5 Å². The molecule has 18 heavy (non-hydrogen) atoms. The predicted molar refractivity (Wildman–Crippen MR) is 70.1 cm³/mol. The van der Waals surface area contributed by atoms with Crippen molar-refractivity contribution in [3.05, 3.63) is 36.4 Å². The second-order valence-corrected chi connectivity index (χ2v) is 3.97. The van der Waals surface area contributed by atoms with Crippen LogP contribution in [0.15, 0.2) is 36.4 Å². The summed E-state index contributed by atoms with van der Waals surface area (Å²) < 4.78 is 10.4. The highest BCUT2D eigenvalue weighted by Gasteiger charge is 2.05. The lowest BCUT2D eigenvalue weighted by molar-refractivity contribution is 0.415. The minimum Gasteiger partial charge on any atom is -0.497 e. The number of rotatable bonds is 2.